The number of sulfonamides is 1. The van der Waals surface area contributed by atoms with E-state index in [9.17, 15) is 32.0 Å². The van der Waals surface area contributed by atoms with Crippen molar-refractivity contribution in [3.8, 4) is 5.75 Å². The molecular formula is C43H53Cl2FN2O8S. The van der Waals surface area contributed by atoms with Crippen molar-refractivity contribution in [3.05, 3.63) is 98.3 Å². The summed E-state index contributed by atoms with van der Waals surface area (Å²) in [6.07, 6.45) is 1.03. The molecule has 1 aliphatic rings. The van der Waals surface area contributed by atoms with Gasteiger partial charge in [-0.1, -0.05) is 56.1 Å². The van der Waals surface area contributed by atoms with Gasteiger partial charge in [0.15, 0.2) is 11.4 Å². The molecule has 1 heterocycles. The van der Waals surface area contributed by atoms with E-state index in [0.717, 1.165) is 6.26 Å². The Labute approximate surface area is 345 Å². The molecule has 3 aromatic rings. The predicted molar refractivity (Wildman–Crippen MR) is 220 cm³/mol. The monoisotopic (exact) mass is 846 g/mol. The number of ketones is 2. The Bertz CT molecular complexity index is 2100. The van der Waals surface area contributed by atoms with Crippen LogP contribution in [0.3, 0.4) is 0 Å². The Balaban J connectivity index is 1.89. The second kappa shape index (κ2) is 18.8. The Morgan fingerprint density at radius 3 is 2.16 bits per heavy atom. The zero-order chi connectivity index (χ0) is 42.5. The number of benzene rings is 3. The van der Waals surface area contributed by atoms with Crippen molar-refractivity contribution in [2.75, 3.05) is 12.8 Å². The molecule has 0 bridgehead atoms. The van der Waals surface area contributed by atoms with Crippen LogP contribution in [0.2, 0.25) is 10.0 Å². The molecular weight excluding hydrogens is 794 g/mol. The minimum absolute atomic E-state index is 0.0127. The maximum Gasteiger partial charge on any atom is 0.310 e. The highest BCUT2D eigenvalue weighted by Crippen LogP contribution is 2.43. The lowest BCUT2D eigenvalue weighted by Gasteiger charge is -2.33. The average molecular weight is 848 g/mol. The molecule has 14 heteroatoms. The number of amides is 1. The number of esters is 1. The second-order valence-corrected chi connectivity index (χ2v) is 18.5. The molecule has 57 heavy (non-hydrogen) atoms. The number of nitrogens with one attached hydrogen (secondary N) is 2. The highest BCUT2D eigenvalue weighted by molar-refractivity contribution is 7.88. The van der Waals surface area contributed by atoms with Gasteiger partial charge in [0.1, 0.15) is 23.0 Å². The number of Topliss-reactive ketones (excluding diaryl/α,β-unsaturated/α-hetero) is 2. The van der Waals surface area contributed by atoms with E-state index < -0.39 is 74.9 Å². The Kier molecular flexibility index (Phi) is 15.1. The summed E-state index contributed by atoms with van der Waals surface area (Å²) in [5.41, 5.74) is 0.302. The molecule has 0 spiro atoms. The van der Waals surface area contributed by atoms with Crippen LogP contribution in [0.5, 0.6) is 5.75 Å². The molecule has 1 aliphatic heterocycles. The van der Waals surface area contributed by atoms with Gasteiger partial charge in [0.05, 0.1) is 24.1 Å². The fourth-order valence-corrected chi connectivity index (χ4v) is 8.22. The molecule has 4 rings (SSSR count). The van der Waals surface area contributed by atoms with Gasteiger partial charge >= 0.3 is 5.97 Å². The first-order chi connectivity index (χ1) is 26.6. The second-order valence-electron chi connectivity index (χ2n) is 15.8. The van der Waals surface area contributed by atoms with E-state index in [0.29, 0.717) is 27.3 Å². The summed E-state index contributed by atoms with van der Waals surface area (Å²) in [7, 11) is -3.45. The standard InChI is InChI=1S/C43H53Cl2FN2O8S/c1-9-43(10-2,38(50)12-11-19-47-57(8,53)54)55-37-18-15-28(45)21-35(37)34-24-39(51)48-40(31-22-29(46)16-13-25(31)3)30-17-14-27(44)20-32(30)26(4)33(23-36(34)49)41(52)56-42(5,6)7/h13-18,20-22,26,33-34,40,47H,9-12,19,23-24H2,1-8H3,(H,48,51). The number of carbonyl (C=O) groups is 4. The maximum absolute atomic E-state index is 14.9. The number of rotatable bonds is 13. The van der Waals surface area contributed by atoms with E-state index >= 15 is 0 Å². The molecule has 0 fully saturated rings. The number of hydrogen-bond donors (Lipinski definition) is 2. The van der Waals surface area contributed by atoms with Crippen LogP contribution in [0, 0.1) is 18.7 Å². The number of ether oxygens (including phenoxy) is 2. The molecule has 0 saturated heterocycles. The zero-order valence-corrected chi connectivity index (χ0v) is 36.1. The van der Waals surface area contributed by atoms with Crippen LogP contribution in [-0.2, 0) is 33.9 Å². The largest absolute Gasteiger partial charge is 0.479 e. The molecule has 10 nitrogen and oxygen atoms in total. The number of hydrogen-bond acceptors (Lipinski definition) is 8. The summed E-state index contributed by atoms with van der Waals surface area (Å²) in [5, 5.41) is 3.67. The van der Waals surface area contributed by atoms with Gasteiger partial charge in [-0.15, -0.1) is 0 Å². The maximum atomic E-state index is 14.9. The number of aryl methyl sites for hydroxylation is 1. The summed E-state index contributed by atoms with van der Waals surface area (Å²) in [6.45, 7) is 12.4. The third-order valence-corrected chi connectivity index (χ3v) is 11.7. The van der Waals surface area contributed by atoms with Crippen LogP contribution in [-0.4, -0.2) is 55.9 Å². The van der Waals surface area contributed by atoms with E-state index in [1.54, 1.807) is 84.9 Å². The normalized spacial score (nSPS) is 19.6. The number of carbonyl (C=O) groups excluding carboxylic acids is 4. The van der Waals surface area contributed by atoms with Gasteiger partial charge in [0.2, 0.25) is 15.9 Å². The van der Waals surface area contributed by atoms with Crippen molar-refractivity contribution >= 4 is 56.7 Å². The third kappa shape index (κ3) is 11.9. The first-order valence-corrected chi connectivity index (χ1v) is 21.8. The smallest absolute Gasteiger partial charge is 0.310 e. The molecule has 0 aliphatic carbocycles. The Hall–Kier alpha value is -3.84. The SMILES string of the molecule is CCC(CC)(Oc1ccc(Cl)cc1C1CC(=O)NC(c2cc(F)ccc2C)c2ccc(Cl)cc2C(C)C(C(=O)OC(C)(C)C)CC1=O)C(=O)CCCNS(C)(=O)=O. The summed E-state index contributed by atoms with van der Waals surface area (Å²) < 4.78 is 53.0. The van der Waals surface area contributed by atoms with Gasteiger partial charge in [-0.2, -0.15) is 0 Å². The number of halogens is 3. The molecule has 1 amide bonds. The van der Waals surface area contributed by atoms with Crippen LogP contribution in [0.1, 0.15) is 126 Å². The summed E-state index contributed by atoms with van der Waals surface area (Å²) >= 11 is 13.1. The summed E-state index contributed by atoms with van der Waals surface area (Å²) in [5.74, 6) is -5.21. The molecule has 310 valence electrons. The molecule has 4 unspecified atom stereocenters. The summed E-state index contributed by atoms with van der Waals surface area (Å²) in [4.78, 5) is 57.1. The highest BCUT2D eigenvalue weighted by atomic mass is 35.5. The van der Waals surface area contributed by atoms with Crippen molar-refractivity contribution in [1.29, 1.82) is 0 Å². The van der Waals surface area contributed by atoms with Crippen molar-refractivity contribution in [1.82, 2.24) is 10.0 Å². The lowest BCUT2D eigenvalue weighted by Crippen LogP contribution is -2.44. The quantitative estimate of drug-likeness (QED) is 0.128. The van der Waals surface area contributed by atoms with E-state index in [1.807, 2.05) is 0 Å². The van der Waals surface area contributed by atoms with Crippen molar-refractivity contribution < 1.29 is 41.5 Å². The molecule has 0 radical (unpaired) electrons. The van der Waals surface area contributed by atoms with Crippen LogP contribution < -0.4 is 14.8 Å². The lowest BCUT2D eigenvalue weighted by atomic mass is 9.78. The van der Waals surface area contributed by atoms with E-state index in [1.165, 1.54) is 18.2 Å². The third-order valence-electron chi connectivity index (χ3n) is 10.5. The lowest BCUT2D eigenvalue weighted by molar-refractivity contribution is -0.162. The van der Waals surface area contributed by atoms with Gasteiger partial charge in [-0.25, -0.2) is 17.5 Å². The fourth-order valence-electron chi connectivity index (χ4n) is 7.34. The molecule has 3 aromatic carbocycles. The number of fused-ring (bicyclic) bond motifs is 1. The minimum Gasteiger partial charge on any atom is -0.479 e. The van der Waals surface area contributed by atoms with Crippen molar-refractivity contribution in [2.45, 2.75) is 116 Å². The Morgan fingerprint density at radius 1 is 0.912 bits per heavy atom. The van der Waals surface area contributed by atoms with Gasteiger partial charge in [-0.3, -0.25) is 19.2 Å². The molecule has 2 N–H and O–H groups in total. The van der Waals surface area contributed by atoms with Gasteiger partial charge in [0.25, 0.3) is 0 Å². The average Bonchev–Trinajstić information content (AvgIpc) is 3.13. The van der Waals surface area contributed by atoms with Crippen LogP contribution in [0.4, 0.5) is 4.39 Å². The van der Waals surface area contributed by atoms with Crippen LogP contribution >= 0.6 is 23.2 Å². The zero-order valence-electron chi connectivity index (χ0n) is 33.8. The first kappa shape index (κ1) is 45.9. The Morgan fingerprint density at radius 2 is 1.54 bits per heavy atom. The van der Waals surface area contributed by atoms with Gasteiger partial charge < -0.3 is 14.8 Å². The summed E-state index contributed by atoms with van der Waals surface area (Å²) in [6, 6.07) is 13.1. The first-order valence-electron chi connectivity index (χ1n) is 19.1. The predicted octanol–water partition coefficient (Wildman–Crippen LogP) is 8.69. The topological polar surface area (TPSA) is 145 Å². The van der Waals surface area contributed by atoms with Crippen molar-refractivity contribution in [2.24, 2.45) is 5.92 Å². The highest BCUT2D eigenvalue weighted by Gasteiger charge is 2.41. The molecule has 0 saturated carbocycles. The van der Waals surface area contributed by atoms with Gasteiger partial charge in [-0.05, 0) is 118 Å². The van der Waals surface area contributed by atoms with E-state index in [4.69, 9.17) is 32.7 Å². The van der Waals surface area contributed by atoms with Gasteiger partial charge in [0, 0.05) is 41.4 Å². The van der Waals surface area contributed by atoms with E-state index in [-0.39, 0.29) is 60.8 Å². The van der Waals surface area contributed by atoms with E-state index in [2.05, 4.69) is 10.0 Å². The molecule has 4 atom stereocenters. The van der Waals surface area contributed by atoms with Crippen LogP contribution in [0.25, 0.3) is 0 Å². The fraction of sp³-hybridized carbons (Fsp3) is 0.488. The van der Waals surface area contributed by atoms with Crippen LogP contribution in [0.15, 0.2) is 54.6 Å². The minimum atomic E-state index is -3.45. The van der Waals surface area contributed by atoms with Crippen molar-refractivity contribution in [3.63, 3.8) is 0 Å². The molecule has 0 aromatic heterocycles.